The van der Waals surface area contributed by atoms with E-state index in [0.29, 0.717) is 24.3 Å². The zero-order valence-corrected chi connectivity index (χ0v) is 10.2. The molecule has 0 saturated carbocycles. The Labute approximate surface area is 101 Å². The van der Waals surface area contributed by atoms with Crippen LogP contribution < -0.4 is 4.90 Å². The summed E-state index contributed by atoms with van der Waals surface area (Å²) < 4.78 is 13.8. The van der Waals surface area contributed by atoms with Crippen molar-refractivity contribution in [3.8, 4) is 6.07 Å². The van der Waals surface area contributed by atoms with Crippen LogP contribution in [0.15, 0.2) is 18.2 Å². The highest BCUT2D eigenvalue weighted by Gasteiger charge is 2.16. The van der Waals surface area contributed by atoms with Crippen LogP contribution in [0.1, 0.15) is 19.4 Å². The first-order chi connectivity index (χ1) is 8.13. The Morgan fingerprint density at radius 1 is 1.53 bits per heavy atom. The Bertz CT molecular complexity index is 414. The Kier molecular flexibility index (Phi) is 4.92. The summed E-state index contributed by atoms with van der Waals surface area (Å²) in [7, 11) is 0. The molecule has 0 bridgehead atoms. The summed E-state index contributed by atoms with van der Waals surface area (Å²) in [5, 5.41) is 18.0. The molecule has 0 aliphatic heterocycles. The SMILES string of the molecule is CCN(CC(C)C#N)c1c(F)cccc1CO. The maximum atomic E-state index is 13.8. The number of aliphatic hydroxyl groups excluding tert-OH is 1. The second-order valence-corrected chi connectivity index (χ2v) is 3.97. The van der Waals surface area contributed by atoms with Crippen molar-refractivity contribution in [2.24, 2.45) is 5.92 Å². The minimum atomic E-state index is -0.358. The van der Waals surface area contributed by atoms with Crippen molar-refractivity contribution in [3.63, 3.8) is 0 Å². The molecule has 0 aromatic heterocycles. The van der Waals surface area contributed by atoms with Gasteiger partial charge in [-0.15, -0.1) is 0 Å². The van der Waals surface area contributed by atoms with Crippen LogP contribution in [0.3, 0.4) is 0 Å². The van der Waals surface area contributed by atoms with Gasteiger partial charge in [0.1, 0.15) is 5.82 Å². The largest absolute Gasteiger partial charge is 0.392 e. The van der Waals surface area contributed by atoms with Crippen molar-refractivity contribution in [3.05, 3.63) is 29.6 Å². The van der Waals surface area contributed by atoms with Gasteiger partial charge in [-0.3, -0.25) is 0 Å². The Morgan fingerprint density at radius 3 is 2.76 bits per heavy atom. The van der Waals surface area contributed by atoms with Crippen LogP contribution >= 0.6 is 0 Å². The molecule has 1 unspecified atom stereocenters. The fraction of sp³-hybridized carbons (Fsp3) is 0.462. The van der Waals surface area contributed by atoms with E-state index in [-0.39, 0.29) is 18.3 Å². The van der Waals surface area contributed by atoms with E-state index in [1.165, 1.54) is 6.07 Å². The zero-order valence-electron chi connectivity index (χ0n) is 10.2. The standard InChI is InChI=1S/C13H17FN2O/c1-3-16(8-10(2)7-15)13-11(9-17)5-4-6-12(13)14/h4-6,10,17H,3,8-9H2,1-2H3. The normalized spacial score (nSPS) is 11.9. The van der Waals surface area contributed by atoms with E-state index in [1.54, 1.807) is 24.0 Å². The van der Waals surface area contributed by atoms with E-state index in [0.717, 1.165) is 0 Å². The van der Waals surface area contributed by atoms with Crippen molar-refractivity contribution in [1.29, 1.82) is 5.26 Å². The van der Waals surface area contributed by atoms with Crippen LogP contribution in [0.4, 0.5) is 10.1 Å². The van der Waals surface area contributed by atoms with Crippen molar-refractivity contribution in [1.82, 2.24) is 0 Å². The molecule has 0 radical (unpaired) electrons. The molecule has 3 nitrogen and oxygen atoms in total. The van der Waals surface area contributed by atoms with Crippen LogP contribution in [-0.4, -0.2) is 18.2 Å². The lowest BCUT2D eigenvalue weighted by atomic mass is 10.1. The summed E-state index contributed by atoms with van der Waals surface area (Å²) in [5.41, 5.74) is 0.955. The van der Waals surface area contributed by atoms with Crippen molar-refractivity contribution in [2.75, 3.05) is 18.0 Å². The molecule has 0 aliphatic carbocycles. The van der Waals surface area contributed by atoms with Crippen LogP contribution in [-0.2, 0) is 6.61 Å². The number of nitriles is 1. The predicted octanol–water partition coefficient (Wildman–Crippen LogP) is 2.30. The van der Waals surface area contributed by atoms with Crippen molar-refractivity contribution in [2.45, 2.75) is 20.5 Å². The zero-order chi connectivity index (χ0) is 12.8. The van der Waals surface area contributed by atoms with Crippen molar-refractivity contribution >= 4 is 5.69 Å². The first-order valence-electron chi connectivity index (χ1n) is 5.66. The first kappa shape index (κ1) is 13.5. The molecule has 0 amide bonds. The number of anilines is 1. The average Bonchev–Trinajstić information content (AvgIpc) is 2.35. The second-order valence-electron chi connectivity index (χ2n) is 3.97. The van der Waals surface area contributed by atoms with Gasteiger partial charge in [-0.1, -0.05) is 12.1 Å². The lowest BCUT2D eigenvalue weighted by Gasteiger charge is -2.26. The molecule has 4 heteroatoms. The van der Waals surface area contributed by atoms with Crippen molar-refractivity contribution < 1.29 is 9.50 Å². The lowest BCUT2D eigenvalue weighted by molar-refractivity contribution is 0.281. The highest BCUT2D eigenvalue weighted by atomic mass is 19.1. The molecule has 1 atom stereocenters. The number of para-hydroxylation sites is 1. The van der Waals surface area contributed by atoms with Gasteiger partial charge < -0.3 is 10.0 Å². The smallest absolute Gasteiger partial charge is 0.146 e. The number of rotatable bonds is 5. The molecule has 1 N–H and O–H groups in total. The van der Waals surface area contributed by atoms with Crippen LogP contribution in [0.5, 0.6) is 0 Å². The number of hydrogen-bond donors (Lipinski definition) is 1. The van der Waals surface area contributed by atoms with Gasteiger partial charge in [0.15, 0.2) is 0 Å². The molecule has 1 aromatic carbocycles. The highest BCUT2D eigenvalue weighted by Crippen LogP contribution is 2.25. The van der Waals surface area contributed by atoms with Crippen LogP contribution in [0.25, 0.3) is 0 Å². The summed E-state index contributed by atoms with van der Waals surface area (Å²) >= 11 is 0. The topological polar surface area (TPSA) is 47.3 Å². The van der Waals surface area contributed by atoms with Gasteiger partial charge in [-0.25, -0.2) is 4.39 Å². The van der Waals surface area contributed by atoms with Gasteiger partial charge in [0.2, 0.25) is 0 Å². The van der Waals surface area contributed by atoms with Crippen LogP contribution in [0, 0.1) is 23.1 Å². The summed E-state index contributed by atoms with van der Waals surface area (Å²) in [6.07, 6.45) is 0. The molecule has 1 aromatic rings. The molecular formula is C13H17FN2O. The van der Waals surface area contributed by atoms with E-state index in [4.69, 9.17) is 5.26 Å². The quantitative estimate of drug-likeness (QED) is 0.853. The Balaban J connectivity index is 3.07. The Morgan fingerprint density at radius 2 is 2.24 bits per heavy atom. The van der Waals surface area contributed by atoms with Gasteiger partial charge in [0, 0.05) is 18.7 Å². The molecule has 0 heterocycles. The third-order valence-electron chi connectivity index (χ3n) is 2.65. The van der Waals surface area contributed by atoms with E-state index < -0.39 is 0 Å². The fourth-order valence-electron chi connectivity index (χ4n) is 1.79. The molecule has 0 aliphatic rings. The maximum Gasteiger partial charge on any atom is 0.146 e. The monoisotopic (exact) mass is 236 g/mol. The van der Waals surface area contributed by atoms with E-state index in [1.807, 2.05) is 6.92 Å². The third kappa shape index (κ3) is 3.18. The molecule has 17 heavy (non-hydrogen) atoms. The van der Waals surface area contributed by atoms with Gasteiger partial charge in [0.05, 0.1) is 24.3 Å². The minimum absolute atomic E-state index is 0.180. The molecule has 0 spiro atoms. The number of hydrogen-bond acceptors (Lipinski definition) is 3. The number of nitrogens with zero attached hydrogens (tertiary/aromatic N) is 2. The number of halogens is 1. The van der Waals surface area contributed by atoms with E-state index in [9.17, 15) is 9.50 Å². The second kappa shape index (κ2) is 6.21. The lowest BCUT2D eigenvalue weighted by Crippen LogP contribution is -2.29. The van der Waals surface area contributed by atoms with Gasteiger partial charge in [-0.2, -0.15) is 5.26 Å². The highest BCUT2D eigenvalue weighted by molar-refractivity contribution is 5.54. The van der Waals surface area contributed by atoms with Crippen LogP contribution in [0.2, 0.25) is 0 Å². The molecular weight excluding hydrogens is 219 g/mol. The summed E-state index contributed by atoms with van der Waals surface area (Å²) in [4.78, 5) is 1.79. The average molecular weight is 236 g/mol. The Hall–Kier alpha value is -1.60. The summed E-state index contributed by atoms with van der Waals surface area (Å²) in [6.45, 7) is 4.55. The summed E-state index contributed by atoms with van der Waals surface area (Å²) in [5.74, 6) is -0.537. The molecule has 0 saturated heterocycles. The predicted molar refractivity (Wildman–Crippen MR) is 65.0 cm³/mol. The maximum absolute atomic E-state index is 13.8. The molecule has 0 fully saturated rings. The molecule has 92 valence electrons. The minimum Gasteiger partial charge on any atom is -0.392 e. The fourth-order valence-corrected chi connectivity index (χ4v) is 1.79. The number of benzene rings is 1. The van der Waals surface area contributed by atoms with E-state index in [2.05, 4.69) is 6.07 Å². The third-order valence-corrected chi connectivity index (χ3v) is 2.65. The number of aliphatic hydroxyl groups is 1. The molecule has 1 rings (SSSR count). The summed E-state index contributed by atoms with van der Waals surface area (Å²) in [6, 6.07) is 6.77. The first-order valence-corrected chi connectivity index (χ1v) is 5.66. The van der Waals surface area contributed by atoms with Gasteiger partial charge >= 0.3 is 0 Å². The van der Waals surface area contributed by atoms with Gasteiger partial charge in [-0.05, 0) is 19.9 Å². The van der Waals surface area contributed by atoms with E-state index >= 15 is 0 Å². The van der Waals surface area contributed by atoms with Gasteiger partial charge in [0.25, 0.3) is 0 Å².